The van der Waals surface area contributed by atoms with Crippen LogP contribution in [0.4, 0.5) is 0 Å². The first-order valence-corrected chi connectivity index (χ1v) is 6.31. The van der Waals surface area contributed by atoms with E-state index in [0.717, 1.165) is 32.5 Å². The van der Waals surface area contributed by atoms with Crippen molar-refractivity contribution < 1.29 is 9.53 Å². The second kappa shape index (κ2) is 5.15. The molecule has 2 fully saturated rings. The van der Waals surface area contributed by atoms with Gasteiger partial charge >= 0.3 is 0 Å². The van der Waals surface area contributed by atoms with Crippen LogP contribution in [0.1, 0.15) is 32.1 Å². The van der Waals surface area contributed by atoms with Crippen molar-refractivity contribution in [1.82, 2.24) is 10.6 Å². The van der Waals surface area contributed by atoms with Crippen LogP contribution in [0, 0.1) is 5.92 Å². The first-order chi connectivity index (χ1) is 7.77. The Bertz CT molecular complexity index is 245. The van der Waals surface area contributed by atoms with Crippen LogP contribution in [0.25, 0.3) is 0 Å². The van der Waals surface area contributed by atoms with Crippen molar-refractivity contribution in [3.63, 3.8) is 0 Å². The molecule has 1 amide bonds. The third-order valence-electron chi connectivity index (χ3n) is 3.99. The minimum atomic E-state index is -0.574. The van der Waals surface area contributed by atoms with Crippen LogP contribution >= 0.6 is 0 Å². The first-order valence-electron chi connectivity index (χ1n) is 6.31. The average Bonchev–Trinajstić information content (AvgIpc) is 2.27. The molecule has 4 heteroatoms. The van der Waals surface area contributed by atoms with Crippen molar-refractivity contribution in [2.24, 2.45) is 5.92 Å². The van der Waals surface area contributed by atoms with E-state index in [1.807, 2.05) is 0 Å². The van der Waals surface area contributed by atoms with Crippen molar-refractivity contribution in [3.8, 4) is 0 Å². The summed E-state index contributed by atoms with van der Waals surface area (Å²) in [5.74, 6) is 0.794. The number of methoxy groups -OCH3 is 1. The Balaban J connectivity index is 1.84. The van der Waals surface area contributed by atoms with E-state index in [2.05, 4.69) is 10.6 Å². The molecule has 1 aliphatic carbocycles. The molecule has 0 bridgehead atoms. The van der Waals surface area contributed by atoms with E-state index in [1.165, 1.54) is 19.3 Å². The fourth-order valence-corrected chi connectivity index (χ4v) is 2.45. The molecule has 92 valence electrons. The van der Waals surface area contributed by atoms with Gasteiger partial charge < -0.3 is 15.4 Å². The fraction of sp³-hybridized carbons (Fsp3) is 0.917. The number of rotatable bonds is 4. The fourth-order valence-electron chi connectivity index (χ4n) is 2.45. The van der Waals surface area contributed by atoms with Crippen LogP contribution in [0.3, 0.4) is 0 Å². The van der Waals surface area contributed by atoms with E-state index in [4.69, 9.17) is 4.74 Å². The summed E-state index contributed by atoms with van der Waals surface area (Å²) in [6, 6.07) is 0. The maximum atomic E-state index is 12.1. The molecule has 0 radical (unpaired) electrons. The number of piperidine rings is 1. The van der Waals surface area contributed by atoms with Gasteiger partial charge in [-0.2, -0.15) is 0 Å². The van der Waals surface area contributed by atoms with Crippen LogP contribution in [0.2, 0.25) is 0 Å². The van der Waals surface area contributed by atoms with Crippen molar-refractivity contribution in [3.05, 3.63) is 0 Å². The van der Waals surface area contributed by atoms with E-state index < -0.39 is 5.60 Å². The number of hydrogen-bond acceptors (Lipinski definition) is 3. The summed E-state index contributed by atoms with van der Waals surface area (Å²) in [5.41, 5.74) is -0.574. The molecule has 16 heavy (non-hydrogen) atoms. The molecule has 0 atom stereocenters. The van der Waals surface area contributed by atoms with Gasteiger partial charge in [-0.25, -0.2) is 0 Å². The average molecular weight is 226 g/mol. The molecule has 4 nitrogen and oxygen atoms in total. The zero-order valence-electron chi connectivity index (χ0n) is 10.1. The largest absolute Gasteiger partial charge is 0.368 e. The lowest BCUT2D eigenvalue weighted by atomic mass is 9.85. The van der Waals surface area contributed by atoms with Gasteiger partial charge in [-0.3, -0.25) is 4.79 Å². The Hall–Kier alpha value is -0.610. The molecular formula is C12H22N2O2. The smallest absolute Gasteiger partial charge is 0.252 e. The summed E-state index contributed by atoms with van der Waals surface area (Å²) in [5, 5.41) is 6.31. The van der Waals surface area contributed by atoms with Gasteiger partial charge in [-0.05, 0) is 44.7 Å². The lowest BCUT2D eigenvalue weighted by Gasteiger charge is -2.36. The van der Waals surface area contributed by atoms with Crippen molar-refractivity contribution in [2.75, 3.05) is 26.7 Å². The molecule has 0 aromatic carbocycles. The molecule has 2 rings (SSSR count). The first kappa shape index (κ1) is 11.9. The zero-order valence-corrected chi connectivity index (χ0v) is 10.1. The summed E-state index contributed by atoms with van der Waals surface area (Å²) >= 11 is 0. The summed E-state index contributed by atoms with van der Waals surface area (Å²) in [6.45, 7) is 2.56. The lowest BCUT2D eigenvalue weighted by molar-refractivity contribution is -0.147. The Morgan fingerprint density at radius 1 is 1.44 bits per heavy atom. The van der Waals surface area contributed by atoms with Gasteiger partial charge in [0.1, 0.15) is 5.60 Å². The number of ether oxygens (including phenoxy) is 1. The number of amides is 1. The summed E-state index contributed by atoms with van der Waals surface area (Å²) in [6.07, 6.45) is 5.41. The van der Waals surface area contributed by atoms with E-state index in [0.29, 0.717) is 5.92 Å². The minimum Gasteiger partial charge on any atom is -0.368 e. The van der Waals surface area contributed by atoms with E-state index >= 15 is 0 Å². The molecule has 0 spiro atoms. The van der Waals surface area contributed by atoms with Crippen LogP contribution < -0.4 is 10.6 Å². The highest BCUT2D eigenvalue weighted by Gasteiger charge is 2.39. The molecule has 0 unspecified atom stereocenters. The summed E-state index contributed by atoms with van der Waals surface area (Å²) in [7, 11) is 1.65. The number of carbonyl (C=O) groups is 1. The van der Waals surface area contributed by atoms with Gasteiger partial charge in [-0.15, -0.1) is 0 Å². The van der Waals surface area contributed by atoms with Gasteiger partial charge in [0, 0.05) is 13.7 Å². The van der Waals surface area contributed by atoms with Crippen LogP contribution in [0.15, 0.2) is 0 Å². The second-order valence-electron chi connectivity index (χ2n) is 4.96. The Morgan fingerprint density at radius 3 is 2.62 bits per heavy atom. The molecule has 2 N–H and O–H groups in total. The third kappa shape index (κ3) is 2.38. The molecule has 2 aliphatic rings. The highest BCUT2D eigenvalue weighted by molar-refractivity contribution is 5.85. The number of nitrogens with one attached hydrogen (secondary N) is 2. The Labute approximate surface area is 97.1 Å². The Morgan fingerprint density at radius 2 is 2.12 bits per heavy atom. The maximum Gasteiger partial charge on any atom is 0.252 e. The van der Waals surface area contributed by atoms with E-state index in [1.54, 1.807) is 7.11 Å². The molecule has 1 heterocycles. The van der Waals surface area contributed by atoms with Gasteiger partial charge in [0.2, 0.25) is 0 Å². The van der Waals surface area contributed by atoms with Crippen LogP contribution in [-0.2, 0) is 9.53 Å². The van der Waals surface area contributed by atoms with Gasteiger partial charge in [-0.1, -0.05) is 6.42 Å². The standard InChI is InChI=1S/C12H22N2O2/c1-16-12(5-7-13-8-6-12)11(15)14-9-10-3-2-4-10/h10,13H,2-9H2,1H3,(H,14,15). The maximum absolute atomic E-state index is 12.1. The van der Waals surface area contributed by atoms with Crippen molar-refractivity contribution >= 4 is 5.91 Å². The molecule has 1 saturated carbocycles. The quantitative estimate of drug-likeness (QED) is 0.741. The highest BCUT2D eigenvalue weighted by atomic mass is 16.5. The summed E-state index contributed by atoms with van der Waals surface area (Å²) < 4.78 is 5.47. The van der Waals surface area contributed by atoms with Crippen molar-refractivity contribution in [1.29, 1.82) is 0 Å². The van der Waals surface area contributed by atoms with Crippen LogP contribution in [-0.4, -0.2) is 38.3 Å². The second-order valence-corrected chi connectivity index (χ2v) is 4.96. The number of hydrogen-bond donors (Lipinski definition) is 2. The number of carbonyl (C=O) groups excluding carboxylic acids is 1. The molecule has 0 aromatic rings. The SMILES string of the molecule is COC1(C(=O)NCC2CCC2)CCNCC1. The topological polar surface area (TPSA) is 50.4 Å². The molecular weight excluding hydrogens is 204 g/mol. The predicted molar refractivity (Wildman–Crippen MR) is 62.2 cm³/mol. The molecule has 0 aromatic heterocycles. The predicted octanol–water partition coefficient (Wildman–Crippen LogP) is 0.671. The normalized spacial score (nSPS) is 24.8. The summed E-state index contributed by atoms with van der Waals surface area (Å²) in [4.78, 5) is 12.1. The highest BCUT2D eigenvalue weighted by Crippen LogP contribution is 2.26. The monoisotopic (exact) mass is 226 g/mol. The minimum absolute atomic E-state index is 0.0865. The van der Waals surface area contributed by atoms with E-state index in [9.17, 15) is 4.79 Å². The van der Waals surface area contributed by atoms with Crippen molar-refractivity contribution in [2.45, 2.75) is 37.7 Å². The Kier molecular flexibility index (Phi) is 3.82. The van der Waals surface area contributed by atoms with Gasteiger partial charge in [0.05, 0.1) is 0 Å². The third-order valence-corrected chi connectivity index (χ3v) is 3.99. The molecule has 1 saturated heterocycles. The van der Waals surface area contributed by atoms with Gasteiger partial charge in [0.25, 0.3) is 5.91 Å². The van der Waals surface area contributed by atoms with Crippen LogP contribution in [0.5, 0.6) is 0 Å². The molecule has 1 aliphatic heterocycles. The van der Waals surface area contributed by atoms with Gasteiger partial charge in [0.15, 0.2) is 0 Å². The lowest BCUT2D eigenvalue weighted by Crippen LogP contribution is -2.54. The van der Waals surface area contributed by atoms with E-state index in [-0.39, 0.29) is 5.91 Å². The zero-order chi connectivity index (χ0) is 11.4.